The number of rotatable bonds is 4. The highest BCUT2D eigenvalue weighted by Crippen LogP contribution is 2.26. The lowest BCUT2D eigenvalue weighted by Gasteiger charge is -2.35. The number of hydrogen-bond donors (Lipinski definition) is 2. The molecule has 104 valence electrons. The third kappa shape index (κ3) is 3.07. The zero-order valence-corrected chi connectivity index (χ0v) is 11.8. The molecule has 2 rings (SSSR count). The molecule has 0 aliphatic carbocycles. The second-order valence-corrected chi connectivity index (χ2v) is 5.25. The molecule has 1 atom stereocenters. The van der Waals surface area contributed by atoms with Crippen molar-refractivity contribution in [3.8, 4) is 0 Å². The van der Waals surface area contributed by atoms with Gasteiger partial charge in [0, 0.05) is 18.8 Å². The van der Waals surface area contributed by atoms with Crippen molar-refractivity contribution in [3.05, 3.63) is 29.3 Å². The Bertz CT molecular complexity index is 459. The van der Waals surface area contributed by atoms with Crippen LogP contribution in [0.3, 0.4) is 0 Å². The zero-order valence-electron chi connectivity index (χ0n) is 11.8. The minimum Gasteiger partial charge on any atom is -0.368 e. The standard InChI is InChI=1S/C15H23N3O/c1-11-9-13(7-6-12(11)10-17-2)18-8-4-3-5-14(18)15(16)19/h6-7,9,14,17H,3-5,8,10H2,1-2H3,(H2,16,19). The van der Waals surface area contributed by atoms with E-state index < -0.39 is 0 Å². The predicted molar refractivity (Wildman–Crippen MR) is 78.1 cm³/mol. The SMILES string of the molecule is CNCc1ccc(N2CCCCC2C(N)=O)cc1C. The maximum atomic E-state index is 11.6. The Hall–Kier alpha value is -1.55. The molecule has 0 radical (unpaired) electrons. The first kappa shape index (κ1) is 13.9. The Morgan fingerprint density at radius 3 is 2.89 bits per heavy atom. The van der Waals surface area contributed by atoms with Gasteiger partial charge in [0.2, 0.25) is 5.91 Å². The van der Waals surface area contributed by atoms with E-state index in [-0.39, 0.29) is 11.9 Å². The van der Waals surface area contributed by atoms with Crippen molar-refractivity contribution in [2.75, 3.05) is 18.5 Å². The summed E-state index contributed by atoms with van der Waals surface area (Å²) in [6, 6.07) is 6.24. The maximum Gasteiger partial charge on any atom is 0.240 e. The van der Waals surface area contributed by atoms with Gasteiger partial charge in [0.25, 0.3) is 0 Å². The van der Waals surface area contributed by atoms with E-state index in [2.05, 4.69) is 35.3 Å². The van der Waals surface area contributed by atoms with Crippen LogP contribution in [0.1, 0.15) is 30.4 Å². The van der Waals surface area contributed by atoms with Gasteiger partial charge in [0.05, 0.1) is 0 Å². The predicted octanol–water partition coefficient (Wildman–Crippen LogP) is 1.56. The highest BCUT2D eigenvalue weighted by atomic mass is 16.1. The van der Waals surface area contributed by atoms with Gasteiger partial charge in [0.15, 0.2) is 0 Å². The first-order chi connectivity index (χ1) is 9.13. The summed E-state index contributed by atoms with van der Waals surface area (Å²) in [7, 11) is 1.95. The van der Waals surface area contributed by atoms with E-state index in [9.17, 15) is 4.79 Å². The molecule has 1 aliphatic heterocycles. The number of carbonyl (C=O) groups excluding carboxylic acids is 1. The number of piperidine rings is 1. The number of hydrogen-bond acceptors (Lipinski definition) is 3. The molecule has 1 saturated heterocycles. The average Bonchev–Trinajstić information content (AvgIpc) is 2.41. The highest BCUT2D eigenvalue weighted by molar-refractivity contribution is 5.84. The van der Waals surface area contributed by atoms with Crippen LogP contribution < -0.4 is 16.0 Å². The number of anilines is 1. The largest absolute Gasteiger partial charge is 0.368 e. The van der Waals surface area contributed by atoms with Gasteiger partial charge in [0.1, 0.15) is 6.04 Å². The molecule has 0 spiro atoms. The van der Waals surface area contributed by atoms with Crippen molar-refractivity contribution in [2.45, 2.75) is 38.8 Å². The summed E-state index contributed by atoms with van der Waals surface area (Å²) in [5.74, 6) is -0.211. The number of aryl methyl sites for hydroxylation is 1. The van der Waals surface area contributed by atoms with Crippen LogP contribution in [0.5, 0.6) is 0 Å². The van der Waals surface area contributed by atoms with Gasteiger partial charge in [-0.1, -0.05) is 6.07 Å². The van der Waals surface area contributed by atoms with Crippen molar-refractivity contribution in [1.29, 1.82) is 0 Å². The zero-order chi connectivity index (χ0) is 13.8. The molecule has 1 aliphatic rings. The molecule has 0 bridgehead atoms. The lowest BCUT2D eigenvalue weighted by molar-refractivity contribution is -0.119. The minimum absolute atomic E-state index is 0.150. The second kappa shape index (κ2) is 6.06. The second-order valence-electron chi connectivity index (χ2n) is 5.25. The number of amides is 1. The lowest BCUT2D eigenvalue weighted by Crippen LogP contribution is -2.47. The summed E-state index contributed by atoms with van der Waals surface area (Å²) in [5.41, 5.74) is 9.17. The number of nitrogens with one attached hydrogen (secondary N) is 1. The van der Waals surface area contributed by atoms with Gasteiger partial charge >= 0.3 is 0 Å². The number of nitrogens with two attached hydrogens (primary N) is 1. The minimum atomic E-state index is -0.211. The Labute approximate surface area is 115 Å². The van der Waals surface area contributed by atoms with Gasteiger partial charge in [-0.3, -0.25) is 4.79 Å². The third-order valence-corrected chi connectivity index (χ3v) is 3.86. The van der Waals surface area contributed by atoms with Crippen LogP contribution in [0.4, 0.5) is 5.69 Å². The molecule has 1 amide bonds. The lowest BCUT2D eigenvalue weighted by atomic mass is 9.99. The number of benzene rings is 1. The van der Waals surface area contributed by atoms with Crippen LogP contribution in [0.25, 0.3) is 0 Å². The van der Waals surface area contributed by atoms with Crippen molar-refractivity contribution in [3.63, 3.8) is 0 Å². The summed E-state index contributed by atoms with van der Waals surface area (Å²) in [6.07, 6.45) is 3.08. The fourth-order valence-electron chi connectivity index (χ4n) is 2.78. The Morgan fingerprint density at radius 1 is 1.47 bits per heavy atom. The van der Waals surface area contributed by atoms with Crippen molar-refractivity contribution < 1.29 is 4.79 Å². The fourth-order valence-corrected chi connectivity index (χ4v) is 2.78. The number of nitrogens with zero attached hydrogens (tertiary/aromatic N) is 1. The van der Waals surface area contributed by atoms with Gasteiger partial charge in [-0.2, -0.15) is 0 Å². The van der Waals surface area contributed by atoms with Crippen molar-refractivity contribution in [2.24, 2.45) is 5.73 Å². The van der Waals surface area contributed by atoms with Crippen LogP contribution in [-0.4, -0.2) is 25.5 Å². The van der Waals surface area contributed by atoms with Gasteiger partial charge < -0.3 is 16.0 Å². The molecule has 3 N–H and O–H groups in total. The fraction of sp³-hybridized carbons (Fsp3) is 0.533. The molecule has 4 nitrogen and oxygen atoms in total. The molecule has 1 aromatic rings. The molecule has 19 heavy (non-hydrogen) atoms. The first-order valence-electron chi connectivity index (χ1n) is 6.93. The summed E-state index contributed by atoms with van der Waals surface area (Å²) < 4.78 is 0. The summed E-state index contributed by atoms with van der Waals surface area (Å²) in [6.45, 7) is 3.89. The van der Waals surface area contributed by atoms with Crippen LogP contribution in [0.2, 0.25) is 0 Å². The number of primary amides is 1. The van der Waals surface area contributed by atoms with Gasteiger partial charge in [-0.05, 0) is 56.5 Å². The Kier molecular flexibility index (Phi) is 4.43. The molecule has 0 saturated carbocycles. The van der Waals surface area contributed by atoms with E-state index in [1.807, 2.05) is 7.05 Å². The molecule has 4 heteroatoms. The van der Waals surface area contributed by atoms with E-state index in [1.54, 1.807) is 0 Å². The monoisotopic (exact) mass is 261 g/mol. The van der Waals surface area contributed by atoms with E-state index >= 15 is 0 Å². The maximum absolute atomic E-state index is 11.6. The van der Waals surface area contributed by atoms with Crippen molar-refractivity contribution in [1.82, 2.24) is 5.32 Å². The molecule has 1 unspecified atom stereocenters. The number of carbonyl (C=O) groups is 1. The van der Waals surface area contributed by atoms with Gasteiger partial charge in [-0.25, -0.2) is 0 Å². The molecule has 0 aromatic heterocycles. The smallest absolute Gasteiger partial charge is 0.240 e. The summed E-state index contributed by atoms with van der Waals surface area (Å²) in [4.78, 5) is 13.7. The molecular formula is C15H23N3O. The summed E-state index contributed by atoms with van der Waals surface area (Å²) >= 11 is 0. The van der Waals surface area contributed by atoms with E-state index in [0.717, 1.165) is 38.0 Å². The molecular weight excluding hydrogens is 238 g/mol. The molecule has 1 fully saturated rings. The average molecular weight is 261 g/mol. The van der Waals surface area contributed by atoms with Gasteiger partial charge in [-0.15, -0.1) is 0 Å². The van der Waals surface area contributed by atoms with Crippen LogP contribution in [0.15, 0.2) is 18.2 Å². The van der Waals surface area contributed by atoms with E-state index in [0.29, 0.717) is 0 Å². The normalized spacial score (nSPS) is 19.5. The topological polar surface area (TPSA) is 58.4 Å². The van der Waals surface area contributed by atoms with Crippen LogP contribution in [0, 0.1) is 6.92 Å². The molecule has 1 aromatic carbocycles. The molecule has 1 heterocycles. The Balaban J connectivity index is 2.24. The van der Waals surface area contributed by atoms with E-state index in [1.165, 1.54) is 11.1 Å². The van der Waals surface area contributed by atoms with Crippen molar-refractivity contribution >= 4 is 11.6 Å². The first-order valence-corrected chi connectivity index (χ1v) is 6.93. The van der Waals surface area contributed by atoms with Crippen LogP contribution >= 0.6 is 0 Å². The quantitative estimate of drug-likeness (QED) is 0.864. The van der Waals surface area contributed by atoms with Crippen LogP contribution in [-0.2, 0) is 11.3 Å². The highest BCUT2D eigenvalue weighted by Gasteiger charge is 2.27. The summed E-state index contributed by atoms with van der Waals surface area (Å²) in [5, 5.41) is 3.16. The van der Waals surface area contributed by atoms with E-state index in [4.69, 9.17) is 5.73 Å². The third-order valence-electron chi connectivity index (χ3n) is 3.86. The Morgan fingerprint density at radius 2 is 2.26 bits per heavy atom.